The van der Waals surface area contributed by atoms with E-state index < -0.39 is 12.0 Å². The lowest BCUT2D eigenvalue weighted by Crippen LogP contribution is -2.51. The second kappa shape index (κ2) is 3.77. The van der Waals surface area contributed by atoms with Gasteiger partial charge in [0.15, 0.2) is 0 Å². The fraction of sp³-hybridized carbons (Fsp3) is 0.778. The topological polar surface area (TPSA) is 57.6 Å². The van der Waals surface area contributed by atoms with E-state index in [2.05, 4.69) is 0 Å². The fourth-order valence-corrected chi connectivity index (χ4v) is 1.78. The van der Waals surface area contributed by atoms with Gasteiger partial charge in [0.2, 0.25) is 5.91 Å². The molecule has 0 aromatic rings. The van der Waals surface area contributed by atoms with E-state index in [9.17, 15) is 9.59 Å². The predicted molar refractivity (Wildman–Crippen MR) is 47.3 cm³/mol. The maximum Gasteiger partial charge on any atom is 0.326 e. The number of amides is 1. The molecule has 0 aromatic carbocycles. The van der Waals surface area contributed by atoms with Crippen molar-refractivity contribution in [1.82, 2.24) is 4.90 Å². The van der Waals surface area contributed by atoms with E-state index in [1.165, 1.54) is 4.90 Å². The van der Waals surface area contributed by atoms with Gasteiger partial charge in [0.1, 0.15) is 6.04 Å². The Balaban J connectivity index is 2.80. The average Bonchev–Trinajstić information content (AvgIpc) is 2.02. The smallest absolute Gasteiger partial charge is 0.326 e. The van der Waals surface area contributed by atoms with Crippen LogP contribution in [0.5, 0.6) is 0 Å². The van der Waals surface area contributed by atoms with Gasteiger partial charge in [-0.2, -0.15) is 0 Å². The molecule has 0 spiro atoms. The van der Waals surface area contributed by atoms with Crippen molar-refractivity contribution in [2.75, 3.05) is 0 Å². The standard InChI is InChI=1S/C9H15NO3/c1-6(2)10-7(9(12)13)4-3-5-8(10)11/h6-7H,3-5H2,1-2H3,(H,12,13). The van der Waals surface area contributed by atoms with Crippen molar-refractivity contribution in [3.63, 3.8) is 0 Å². The summed E-state index contributed by atoms with van der Waals surface area (Å²) in [4.78, 5) is 23.7. The summed E-state index contributed by atoms with van der Waals surface area (Å²) in [6.07, 6.45) is 1.76. The molecular weight excluding hydrogens is 170 g/mol. The fourth-order valence-electron chi connectivity index (χ4n) is 1.78. The first-order valence-corrected chi connectivity index (χ1v) is 4.58. The summed E-state index contributed by atoms with van der Waals surface area (Å²) < 4.78 is 0. The van der Waals surface area contributed by atoms with E-state index in [1.807, 2.05) is 13.8 Å². The summed E-state index contributed by atoms with van der Waals surface area (Å²) in [6.45, 7) is 3.69. The van der Waals surface area contributed by atoms with Gasteiger partial charge in [-0.05, 0) is 26.7 Å². The van der Waals surface area contributed by atoms with Crippen molar-refractivity contribution < 1.29 is 14.7 Å². The molecule has 13 heavy (non-hydrogen) atoms. The number of carboxylic acid groups (broad SMARTS) is 1. The summed E-state index contributed by atoms with van der Waals surface area (Å²) in [5.74, 6) is -0.921. The van der Waals surface area contributed by atoms with Gasteiger partial charge in [-0.25, -0.2) is 4.79 Å². The summed E-state index contributed by atoms with van der Waals surface area (Å²) >= 11 is 0. The Morgan fingerprint density at radius 2 is 2.23 bits per heavy atom. The molecule has 1 aliphatic heterocycles. The zero-order valence-electron chi connectivity index (χ0n) is 7.99. The molecule has 74 valence electrons. The molecule has 0 radical (unpaired) electrons. The lowest BCUT2D eigenvalue weighted by Gasteiger charge is -2.35. The monoisotopic (exact) mass is 185 g/mol. The van der Waals surface area contributed by atoms with Gasteiger partial charge in [-0.1, -0.05) is 0 Å². The van der Waals surface area contributed by atoms with E-state index >= 15 is 0 Å². The lowest BCUT2D eigenvalue weighted by molar-refractivity contribution is -0.154. The van der Waals surface area contributed by atoms with Gasteiger partial charge in [0, 0.05) is 12.5 Å². The molecule has 4 nitrogen and oxygen atoms in total. The number of likely N-dealkylation sites (tertiary alicyclic amines) is 1. The molecule has 1 heterocycles. The Hall–Kier alpha value is -1.06. The van der Waals surface area contributed by atoms with E-state index in [0.717, 1.165) is 0 Å². The first kappa shape index (κ1) is 10.0. The quantitative estimate of drug-likeness (QED) is 0.694. The van der Waals surface area contributed by atoms with Gasteiger partial charge in [-0.3, -0.25) is 4.79 Å². The van der Waals surface area contributed by atoms with Crippen LogP contribution in [0.25, 0.3) is 0 Å². The number of carbonyl (C=O) groups excluding carboxylic acids is 1. The van der Waals surface area contributed by atoms with Gasteiger partial charge in [0.05, 0.1) is 0 Å². The molecule has 0 aromatic heterocycles. The number of hydrogen-bond donors (Lipinski definition) is 1. The third-order valence-corrected chi connectivity index (χ3v) is 2.33. The van der Waals surface area contributed by atoms with Crippen molar-refractivity contribution in [3.05, 3.63) is 0 Å². The van der Waals surface area contributed by atoms with Gasteiger partial charge in [0.25, 0.3) is 0 Å². The van der Waals surface area contributed by atoms with Gasteiger partial charge in [-0.15, -0.1) is 0 Å². The van der Waals surface area contributed by atoms with Crippen LogP contribution < -0.4 is 0 Å². The molecular formula is C9H15NO3. The minimum Gasteiger partial charge on any atom is -0.480 e. The first-order chi connectivity index (χ1) is 6.04. The maximum atomic E-state index is 11.4. The second-order valence-corrected chi connectivity index (χ2v) is 3.64. The van der Waals surface area contributed by atoms with E-state index in [1.54, 1.807) is 0 Å². The number of carboxylic acids is 1. The number of piperidine rings is 1. The van der Waals surface area contributed by atoms with Crippen LogP contribution in [0, 0.1) is 0 Å². The second-order valence-electron chi connectivity index (χ2n) is 3.64. The number of aliphatic carboxylic acids is 1. The summed E-state index contributed by atoms with van der Waals surface area (Å²) in [7, 11) is 0. The molecule has 1 fully saturated rings. The molecule has 1 N–H and O–H groups in total. The molecule has 0 aliphatic carbocycles. The molecule has 0 bridgehead atoms. The third-order valence-electron chi connectivity index (χ3n) is 2.33. The van der Waals surface area contributed by atoms with Crippen LogP contribution in [-0.4, -0.2) is 34.0 Å². The Kier molecular flexibility index (Phi) is 2.90. The molecule has 1 unspecified atom stereocenters. The molecule has 0 saturated carbocycles. The summed E-state index contributed by atoms with van der Waals surface area (Å²) in [5, 5.41) is 8.88. The summed E-state index contributed by atoms with van der Waals surface area (Å²) in [5.41, 5.74) is 0. The van der Waals surface area contributed by atoms with Crippen LogP contribution in [0.15, 0.2) is 0 Å². The van der Waals surface area contributed by atoms with Crippen LogP contribution >= 0.6 is 0 Å². The Morgan fingerprint density at radius 1 is 1.62 bits per heavy atom. The highest BCUT2D eigenvalue weighted by molar-refractivity contribution is 5.85. The van der Waals surface area contributed by atoms with Crippen LogP contribution in [0.2, 0.25) is 0 Å². The van der Waals surface area contributed by atoms with E-state index in [0.29, 0.717) is 19.3 Å². The van der Waals surface area contributed by atoms with Crippen LogP contribution in [0.4, 0.5) is 0 Å². The highest BCUT2D eigenvalue weighted by Crippen LogP contribution is 2.20. The zero-order valence-corrected chi connectivity index (χ0v) is 7.99. The predicted octanol–water partition coefficient (Wildman–Crippen LogP) is 0.861. The SMILES string of the molecule is CC(C)N1C(=O)CCCC1C(=O)O. The first-order valence-electron chi connectivity index (χ1n) is 4.58. The van der Waals surface area contributed by atoms with Crippen molar-refractivity contribution in [2.24, 2.45) is 0 Å². The van der Waals surface area contributed by atoms with Crippen LogP contribution in [0.1, 0.15) is 33.1 Å². The van der Waals surface area contributed by atoms with Crippen LogP contribution in [-0.2, 0) is 9.59 Å². The Bertz CT molecular complexity index is 225. The van der Waals surface area contributed by atoms with Gasteiger partial charge < -0.3 is 10.0 Å². The Labute approximate surface area is 77.5 Å². The molecule has 1 saturated heterocycles. The highest BCUT2D eigenvalue weighted by Gasteiger charge is 2.34. The molecule has 1 amide bonds. The maximum absolute atomic E-state index is 11.4. The Morgan fingerprint density at radius 3 is 2.62 bits per heavy atom. The largest absolute Gasteiger partial charge is 0.480 e. The number of rotatable bonds is 2. The minimum atomic E-state index is -0.887. The van der Waals surface area contributed by atoms with Crippen molar-refractivity contribution in [2.45, 2.75) is 45.2 Å². The van der Waals surface area contributed by atoms with Crippen molar-refractivity contribution >= 4 is 11.9 Å². The number of hydrogen-bond acceptors (Lipinski definition) is 2. The highest BCUT2D eigenvalue weighted by atomic mass is 16.4. The van der Waals surface area contributed by atoms with E-state index in [-0.39, 0.29) is 11.9 Å². The average molecular weight is 185 g/mol. The molecule has 1 atom stereocenters. The number of carbonyl (C=O) groups is 2. The molecule has 1 aliphatic rings. The molecule has 1 rings (SSSR count). The normalized spacial score (nSPS) is 23.8. The van der Waals surface area contributed by atoms with E-state index in [4.69, 9.17) is 5.11 Å². The molecule has 4 heteroatoms. The summed E-state index contributed by atoms with van der Waals surface area (Å²) in [6, 6.07) is -0.629. The zero-order chi connectivity index (χ0) is 10.0. The number of nitrogens with zero attached hydrogens (tertiary/aromatic N) is 1. The lowest BCUT2D eigenvalue weighted by atomic mass is 10.00. The third kappa shape index (κ3) is 1.99. The minimum absolute atomic E-state index is 0.0195. The van der Waals surface area contributed by atoms with Crippen molar-refractivity contribution in [1.29, 1.82) is 0 Å². The van der Waals surface area contributed by atoms with Gasteiger partial charge >= 0.3 is 5.97 Å². The van der Waals surface area contributed by atoms with Crippen LogP contribution in [0.3, 0.4) is 0 Å². The van der Waals surface area contributed by atoms with Crippen molar-refractivity contribution in [3.8, 4) is 0 Å².